The Morgan fingerprint density at radius 2 is 2.00 bits per heavy atom. The van der Waals surface area contributed by atoms with E-state index >= 15 is 0 Å². The Morgan fingerprint density at radius 3 is 2.78 bits per heavy atom. The Morgan fingerprint density at radius 1 is 1.15 bits per heavy atom. The minimum Gasteiger partial charge on any atom is -0.467 e. The van der Waals surface area contributed by atoms with E-state index in [-0.39, 0.29) is 12.5 Å². The molecule has 0 aliphatic heterocycles. The van der Waals surface area contributed by atoms with Crippen LogP contribution >= 0.6 is 22.7 Å². The van der Waals surface area contributed by atoms with Gasteiger partial charge in [0.25, 0.3) is 5.91 Å². The number of aryl methyl sites for hydroxylation is 1. The molecule has 7 heteroatoms. The molecule has 0 aliphatic rings. The average molecular weight is 396 g/mol. The largest absolute Gasteiger partial charge is 0.467 e. The number of carbonyl (C=O) groups excluding carboxylic acids is 1. The van der Waals surface area contributed by atoms with E-state index in [0.717, 1.165) is 26.2 Å². The Hall–Kier alpha value is -2.77. The van der Waals surface area contributed by atoms with E-state index in [2.05, 4.69) is 46.5 Å². The van der Waals surface area contributed by atoms with Crippen molar-refractivity contribution in [2.24, 2.45) is 0 Å². The zero-order valence-corrected chi connectivity index (χ0v) is 16.3. The number of hydrogen-bond acceptors (Lipinski definition) is 6. The van der Waals surface area contributed by atoms with Gasteiger partial charge in [0.1, 0.15) is 11.2 Å². The highest BCUT2D eigenvalue weighted by molar-refractivity contribution is 7.17. The van der Waals surface area contributed by atoms with Crippen molar-refractivity contribution in [3.05, 3.63) is 63.9 Å². The number of amides is 1. The van der Waals surface area contributed by atoms with Crippen LogP contribution in [0.1, 0.15) is 10.4 Å². The molecule has 0 atom stereocenters. The van der Waals surface area contributed by atoms with Crippen LogP contribution < -0.4 is 10.1 Å². The van der Waals surface area contributed by atoms with Gasteiger partial charge in [-0.15, -0.1) is 22.7 Å². The van der Waals surface area contributed by atoms with Gasteiger partial charge in [0.2, 0.25) is 5.88 Å². The third kappa shape index (κ3) is 3.99. The molecule has 0 fully saturated rings. The molecular formula is C20H17N3O2S2. The molecule has 3 heterocycles. The molecule has 4 aromatic rings. The number of aromatic nitrogens is 2. The minimum atomic E-state index is -0.178. The number of nitrogens with one attached hydrogen (secondary N) is 1. The van der Waals surface area contributed by atoms with Gasteiger partial charge in [0, 0.05) is 15.8 Å². The van der Waals surface area contributed by atoms with Gasteiger partial charge in [-0.1, -0.05) is 35.9 Å². The number of nitrogens with zero attached hydrogens (tertiary/aromatic N) is 2. The maximum absolute atomic E-state index is 12.1. The molecule has 0 aliphatic carbocycles. The quantitative estimate of drug-likeness (QED) is 0.525. The lowest BCUT2D eigenvalue weighted by Crippen LogP contribution is -2.28. The van der Waals surface area contributed by atoms with Crippen molar-refractivity contribution in [3.63, 3.8) is 0 Å². The number of ether oxygens (including phenoxy) is 1. The summed E-state index contributed by atoms with van der Waals surface area (Å²) in [4.78, 5) is 22.6. The molecule has 0 saturated heterocycles. The zero-order chi connectivity index (χ0) is 18.6. The fraction of sp³-hybridized carbons (Fsp3) is 0.150. The minimum absolute atomic E-state index is 0.0827. The van der Waals surface area contributed by atoms with Gasteiger partial charge in [-0.05, 0) is 23.9 Å². The topological polar surface area (TPSA) is 64.1 Å². The second-order valence-electron chi connectivity index (χ2n) is 6.02. The van der Waals surface area contributed by atoms with E-state index in [1.165, 1.54) is 23.2 Å². The van der Waals surface area contributed by atoms with Crippen LogP contribution in [0.3, 0.4) is 0 Å². The van der Waals surface area contributed by atoms with Crippen LogP contribution in [0.4, 0.5) is 0 Å². The molecule has 1 amide bonds. The zero-order valence-electron chi connectivity index (χ0n) is 14.6. The summed E-state index contributed by atoms with van der Waals surface area (Å²) in [6.07, 6.45) is 1.47. The Kier molecular flexibility index (Phi) is 5.13. The molecule has 5 nitrogen and oxygen atoms in total. The van der Waals surface area contributed by atoms with Crippen molar-refractivity contribution in [1.82, 2.24) is 15.3 Å². The summed E-state index contributed by atoms with van der Waals surface area (Å²) in [7, 11) is 0. The number of fused-ring (bicyclic) bond motifs is 1. The van der Waals surface area contributed by atoms with Crippen molar-refractivity contribution in [1.29, 1.82) is 0 Å². The lowest BCUT2D eigenvalue weighted by atomic mass is 10.0. The second-order valence-corrected chi connectivity index (χ2v) is 7.91. The summed E-state index contributed by atoms with van der Waals surface area (Å²) in [5, 5.41) is 7.73. The van der Waals surface area contributed by atoms with E-state index in [0.29, 0.717) is 12.4 Å². The highest BCUT2D eigenvalue weighted by Crippen LogP contribution is 2.37. The average Bonchev–Trinajstić information content (AvgIpc) is 3.35. The predicted octanol–water partition coefficient (Wildman–Crippen LogP) is 4.42. The molecule has 0 radical (unpaired) electrons. The van der Waals surface area contributed by atoms with Gasteiger partial charge in [0.05, 0.1) is 11.9 Å². The van der Waals surface area contributed by atoms with Crippen molar-refractivity contribution in [3.8, 4) is 17.0 Å². The molecule has 4 rings (SSSR count). The standard InChI is InChI=1S/C20H17N3O2S2/c1-13-4-6-14(7-5-13)16-11-27-20-18(16)19(22-12-23-20)25-10-17(24)21-9-15-3-2-8-26-15/h2-8,11-12H,9-10H2,1H3,(H,21,24). The molecule has 0 saturated carbocycles. The third-order valence-electron chi connectivity index (χ3n) is 4.08. The van der Waals surface area contributed by atoms with E-state index in [1.807, 2.05) is 22.9 Å². The van der Waals surface area contributed by atoms with E-state index in [4.69, 9.17) is 4.74 Å². The van der Waals surface area contributed by atoms with Crippen LogP contribution in [0.2, 0.25) is 0 Å². The fourth-order valence-electron chi connectivity index (χ4n) is 2.69. The van der Waals surface area contributed by atoms with Gasteiger partial charge < -0.3 is 10.1 Å². The first-order chi connectivity index (χ1) is 13.2. The monoisotopic (exact) mass is 395 g/mol. The molecule has 3 aromatic heterocycles. The van der Waals surface area contributed by atoms with Crippen LogP contribution in [-0.4, -0.2) is 22.5 Å². The predicted molar refractivity (Wildman–Crippen MR) is 109 cm³/mol. The normalized spacial score (nSPS) is 10.9. The first kappa shape index (κ1) is 17.6. The highest BCUT2D eigenvalue weighted by Gasteiger charge is 2.15. The summed E-state index contributed by atoms with van der Waals surface area (Å²) in [6.45, 7) is 2.48. The van der Waals surface area contributed by atoms with Gasteiger partial charge in [-0.3, -0.25) is 4.79 Å². The smallest absolute Gasteiger partial charge is 0.258 e. The Labute approximate surface area is 164 Å². The Balaban J connectivity index is 1.52. The van der Waals surface area contributed by atoms with Crippen LogP contribution in [-0.2, 0) is 11.3 Å². The lowest BCUT2D eigenvalue weighted by Gasteiger charge is -2.08. The van der Waals surface area contributed by atoms with Crippen molar-refractivity contribution in [2.75, 3.05) is 6.61 Å². The number of rotatable bonds is 6. The SMILES string of the molecule is Cc1ccc(-c2csc3ncnc(OCC(=O)NCc4cccs4)c23)cc1. The molecule has 136 valence electrons. The summed E-state index contributed by atoms with van der Waals surface area (Å²) in [6, 6.07) is 12.2. The Bertz CT molecular complexity index is 1060. The van der Waals surface area contributed by atoms with Gasteiger partial charge in [0.15, 0.2) is 6.61 Å². The molecule has 0 spiro atoms. The maximum atomic E-state index is 12.1. The summed E-state index contributed by atoms with van der Waals surface area (Å²) >= 11 is 3.15. The van der Waals surface area contributed by atoms with Gasteiger partial charge in [-0.25, -0.2) is 9.97 Å². The van der Waals surface area contributed by atoms with Crippen LogP contribution in [0, 0.1) is 6.92 Å². The van der Waals surface area contributed by atoms with Crippen LogP contribution in [0.25, 0.3) is 21.3 Å². The van der Waals surface area contributed by atoms with E-state index in [1.54, 1.807) is 11.3 Å². The molecular weight excluding hydrogens is 378 g/mol. The van der Waals surface area contributed by atoms with Gasteiger partial charge >= 0.3 is 0 Å². The van der Waals surface area contributed by atoms with Crippen molar-refractivity contribution < 1.29 is 9.53 Å². The molecule has 1 aromatic carbocycles. The van der Waals surface area contributed by atoms with E-state index < -0.39 is 0 Å². The number of benzene rings is 1. The summed E-state index contributed by atoms with van der Waals surface area (Å²) in [5.74, 6) is 0.255. The number of thiophene rings is 2. The molecule has 0 bridgehead atoms. The van der Waals surface area contributed by atoms with Crippen molar-refractivity contribution in [2.45, 2.75) is 13.5 Å². The number of carbonyl (C=O) groups is 1. The first-order valence-corrected chi connectivity index (χ1v) is 10.2. The maximum Gasteiger partial charge on any atom is 0.258 e. The van der Waals surface area contributed by atoms with E-state index in [9.17, 15) is 4.79 Å². The van der Waals surface area contributed by atoms with Crippen molar-refractivity contribution >= 4 is 38.8 Å². The fourth-order valence-corrected chi connectivity index (χ4v) is 4.24. The number of hydrogen-bond donors (Lipinski definition) is 1. The molecule has 0 unspecified atom stereocenters. The summed E-state index contributed by atoms with van der Waals surface area (Å²) in [5.41, 5.74) is 3.30. The lowest BCUT2D eigenvalue weighted by molar-refractivity contribution is -0.123. The van der Waals surface area contributed by atoms with Gasteiger partial charge in [-0.2, -0.15) is 0 Å². The van der Waals surface area contributed by atoms with Crippen LogP contribution in [0.5, 0.6) is 5.88 Å². The third-order valence-corrected chi connectivity index (χ3v) is 5.84. The summed E-state index contributed by atoms with van der Waals surface area (Å²) < 4.78 is 5.74. The highest BCUT2D eigenvalue weighted by atomic mass is 32.1. The first-order valence-electron chi connectivity index (χ1n) is 8.42. The molecule has 27 heavy (non-hydrogen) atoms. The van der Waals surface area contributed by atoms with Crippen LogP contribution in [0.15, 0.2) is 53.5 Å². The second kappa shape index (κ2) is 7.85. The molecule has 1 N–H and O–H groups in total.